The lowest BCUT2D eigenvalue weighted by atomic mass is 10.0. The molecule has 0 radical (unpaired) electrons. The SMILES string of the molecule is Cc1nc(N[C@H](C)c2cccc(C(F)F)c2F)c(C2OCCO2)c(C(Br)C(=O)OC2(C(F)F)CC2)n1. The van der Waals surface area contributed by atoms with Gasteiger partial charge < -0.3 is 19.5 Å². The predicted molar refractivity (Wildman–Crippen MR) is 121 cm³/mol. The molecule has 1 N–H and O–H groups in total. The largest absolute Gasteiger partial charge is 0.452 e. The molecule has 2 heterocycles. The van der Waals surface area contributed by atoms with Crippen molar-refractivity contribution in [2.75, 3.05) is 18.5 Å². The molecule has 196 valence electrons. The van der Waals surface area contributed by atoms with Gasteiger partial charge in [0.05, 0.1) is 36.1 Å². The Morgan fingerprint density at radius 3 is 2.39 bits per heavy atom. The number of aromatic nitrogens is 2. The van der Waals surface area contributed by atoms with Gasteiger partial charge in [-0.3, -0.25) is 4.79 Å². The summed E-state index contributed by atoms with van der Waals surface area (Å²) >= 11 is 3.20. The van der Waals surface area contributed by atoms with E-state index in [1.165, 1.54) is 19.1 Å². The monoisotopic (exact) mass is 579 g/mol. The van der Waals surface area contributed by atoms with Crippen molar-refractivity contribution in [2.45, 2.75) is 62.3 Å². The van der Waals surface area contributed by atoms with Crippen LogP contribution in [0, 0.1) is 12.7 Å². The number of ether oxygens (including phenoxy) is 3. The van der Waals surface area contributed by atoms with Gasteiger partial charge in [-0.05, 0) is 26.7 Å². The van der Waals surface area contributed by atoms with Crippen molar-refractivity contribution in [3.63, 3.8) is 0 Å². The van der Waals surface area contributed by atoms with Gasteiger partial charge in [0.2, 0.25) is 0 Å². The molecule has 0 amide bonds. The molecule has 1 aliphatic carbocycles. The summed E-state index contributed by atoms with van der Waals surface area (Å²) in [7, 11) is 0. The summed E-state index contributed by atoms with van der Waals surface area (Å²) in [5, 5.41) is 2.98. The Kier molecular flexibility index (Phi) is 7.81. The Hall–Kier alpha value is -2.38. The van der Waals surface area contributed by atoms with E-state index in [9.17, 15) is 26.7 Å². The fourth-order valence-electron chi connectivity index (χ4n) is 3.87. The van der Waals surface area contributed by atoms with Crippen LogP contribution in [0.1, 0.15) is 71.6 Å². The minimum absolute atomic E-state index is 0.0350. The number of halogens is 6. The van der Waals surface area contributed by atoms with Gasteiger partial charge in [0.1, 0.15) is 17.5 Å². The number of benzene rings is 1. The van der Waals surface area contributed by atoms with Gasteiger partial charge >= 0.3 is 5.97 Å². The van der Waals surface area contributed by atoms with E-state index < -0.39 is 53.0 Å². The molecule has 1 unspecified atom stereocenters. The van der Waals surface area contributed by atoms with Crippen LogP contribution in [0.25, 0.3) is 0 Å². The van der Waals surface area contributed by atoms with Crippen LogP contribution in [-0.2, 0) is 19.0 Å². The van der Waals surface area contributed by atoms with Crippen LogP contribution in [0.4, 0.5) is 27.8 Å². The molecule has 2 aliphatic rings. The Morgan fingerprint density at radius 1 is 1.17 bits per heavy atom. The number of hydrogen-bond donors (Lipinski definition) is 1. The van der Waals surface area contributed by atoms with E-state index in [2.05, 4.69) is 31.2 Å². The number of carbonyl (C=O) groups is 1. The first kappa shape index (κ1) is 26.7. The number of hydrogen-bond acceptors (Lipinski definition) is 7. The lowest BCUT2D eigenvalue weighted by molar-refractivity contribution is -0.160. The number of carbonyl (C=O) groups excluding carboxylic acids is 1. The number of anilines is 1. The fraction of sp³-hybridized carbons (Fsp3) is 0.522. The fourth-order valence-corrected chi connectivity index (χ4v) is 4.31. The van der Waals surface area contributed by atoms with Gasteiger partial charge in [0.25, 0.3) is 12.9 Å². The highest BCUT2D eigenvalue weighted by Gasteiger charge is 2.56. The zero-order chi connectivity index (χ0) is 26.2. The van der Waals surface area contributed by atoms with Gasteiger partial charge in [-0.1, -0.05) is 34.1 Å². The molecule has 4 rings (SSSR count). The van der Waals surface area contributed by atoms with Gasteiger partial charge in [0.15, 0.2) is 16.7 Å². The van der Waals surface area contributed by atoms with Crippen molar-refractivity contribution in [3.8, 4) is 0 Å². The van der Waals surface area contributed by atoms with Crippen LogP contribution < -0.4 is 5.32 Å². The van der Waals surface area contributed by atoms with Crippen molar-refractivity contribution in [1.29, 1.82) is 0 Å². The molecule has 0 spiro atoms. The Balaban J connectivity index is 1.70. The van der Waals surface area contributed by atoms with Crippen molar-refractivity contribution in [1.82, 2.24) is 9.97 Å². The quantitative estimate of drug-likeness (QED) is 0.226. The third-order valence-electron chi connectivity index (χ3n) is 5.95. The Bertz CT molecular complexity index is 1130. The van der Waals surface area contributed by atoms with Crippen molar-refractivity contribution in [3.05, 3.63) is 52.2 Å². The molecule has 1 saturated heterocycles. The standard InChI is InChI=1S/C23H23BrF5N3O4/c1-10(12-4-3-5-13(16(12)25)18(26)27)30-19-14(21-34-8-9-35-21)17(31-11(2)32-19)15(24)20(33)36-23(6-7-23)22(28)29/h3-5,10,15,18,21-22H,6-9H2,1-2H3,(H,30,31,32)/t10-,15?/m1/s1. The normalized spacial score (nSPS) is 18.9. The maximum Gasteiger partial charge on any atom is 0.326 e. The third-order valence-corrected chi connectivity index (χ3v) is 6.76. The molecule has 1 saturated carbocycles. The van der Waals surface area contributed by atoms with Crippen LogP contribution in [-0.4, -0.2) is 41.2 Å². The summed E-state index contributed by atoms with van der Waals surface area (Å²) in [4.78, 5) is 20.2. The maximum absolute atomic E-state index is 14.8. The number of alkyl halides is 5. The zero-order valence-corrected chi connectivity index (χ0v) is 20.8. The first-order valence-corrected chi connectivity index (χ1v) is 12.1. The van der Waals surface area contributed by atoms with Gasteiger partial charge in [-0.25, -0.2) is 31.9 Å². The topological polar surface area (TPSA) is 82.6 Å². The lowest BCUT2D eigenvalue weighted by Crippen LogP contribution is -2.30. The van der Waals surface area contributed by atoms with Crippen LogP contribution in [0.3, 0.4) is 0 Å². The second-order valence-electron chi connectivity index (χ2n) is 8.56. The van der Waals surface area contributed by atoms with Crippen molar-refractivity contribution < 1.29 is 41.0 Å². The zero-order valence-electron chi connectivity index (χ0n) is 19.2. The van der Waals surface area contributed by atoms with Crippen LogP contribution >= 0.6 is 15.9 Å². The van der Waals surface area contributed by atoms with Crippen LogP contribution in [0.15, 0.2) is 18.2 Å². The highest BCUT2D eigenvalue weighted by Crippen LogP contribution is 2.47. The number of nitrogens with zero attached hydrogens (tertiary/aromatic N) is 2. The van der Waals surface area contributed by atoms with Gasteiger partial charge in [-0.15, -0.1) is 0 Å². The first-order valence-electron chi connectivity index (χ1n) is 11.1. The van der Waals surface area contributed by atoms with Crippen LogP contribution in [0.2, 0.25) is 0 Å². The summed E-state index contributed by atoms with van der Waals surface area (Å²) in [5.74, 6) is -1.74. The Labute approximate surface area is 211 Å². The van der Waals surface area contributed by atoms with Crippen molar-refractivity contribution in [2.24, 2.45) is 0 Å². The molecule has 0 bridgehead atoms. The highest BCUT2D eigenvalue weighted by atomic mass is 79.9. The molecule has 2 fully saturated rings. The van der Waals surface area contributed by atoms with Gasteiger partial charge in [-0.2, -0.15) is 0 Å². The minimum Gasteiger partial charge on any atom is -0.452 e. The molecule has 13 heteroatoms. The van der Waals surface area contributed by atoms with Crippen molar-refractivity contribution >= 4 is 27.7 Å². The van der Waals surface area contributed by atoms with Gasteiger partial charge in [0, 0.05) is 5.56 Å². The molecule has 1 aromatic carbocycles. The summed E-state index contributed by atoms with van der Waals surface area (Å²) < 4.78 is 84.1. The smallest absolute Gasteiger partial charge is 0.326 e. The number of esters is 1. The van der Waals surface area contributed by atoms with Crippen LogP contribution in [0.5, 0.6) is 0 Å². The number of rotatable bonds is 9. The molecule has 1 aromatic heterocycles. The predicted octanol–water partition coefficient (Wildman–Crippen LogP) is 5.86. The summed E-state index contributed by atoms with van der Waals surface area (Å²) in [6.45, 7) is 3.53. The van der Waals surface area contributed by atoms with E-state index in [1.54, 1.807) is 6.92 Å². The molecule has 36 heavy (non-hydrogen) atoms. The van der Waals surface area contributed by atoms with E-state index in [4.69, 9.17) is 14.2 Å². The maximum atomic E-state index is 14.8. The first-order chi connectivity index (χ1) is 17.0. The molecular formula is C23H23BrF5N3O4. The summed E-state index contributed by atoms with van der Waals surface area (Å²) in [6.07, 6.45) is -6.75. The summed E-state index contributed by atoms with van der Waals surface area (Å²) in [6, 6.07) is 2.84. The molecule has 1 aliphatic heterocycles. The lowest BCUT2D eigenvalue weighted by Gasteiger charge is -2.24. The van der Waals surface area contributed by atoms with E-state index in [0.717, 1.165) is 6.07 Å². The number of aryl methyl sites for hydroxylation is 1. The van der Waals surface area contributed by atoms with E-state index >= 15 is 0 Å². The second kappa shape index (κ2) is 10.5. The van der Waals surface area contributed by atoms with E-state index in [-0.39, 0.29) is 54.5 Å². The number of nitrogens with one attached hydrogen (secondary N) is 1. The summed E-state index contributed by atoms with van der Waals surface area (Å²) in [5.41, 5.74) is -2.35. The van der Waals surface area contributed by atoms with E-state index in [0.29, 0.717) is 0 Å². The Morgan fingerprint density at radius 2 is 1.81 bits per heavy atom. The molecule has 2 aromatic rings. The third kappa shape index (κ3) is 5.32. The second-order valence-corrected chi connectivity index (χ2v) is 9.47. The highest BCUT2D eigenvalue weighted by molar-refractivity contribution is 9.09. The molecular weight excluding hydrogens is 557 g/mol. The molecule has 7 nitrogen and oxygen atoms in total. The average molecular weight is 580 g/mol. The molecule has 2 atom stereocenters. The van der Waals surface area contributed by atoms with E-state index in [1.807, 2.05) is 0 Å². The minimum atomic E-state index is -3.00. The average Bonchev–Trinajstić information content (AvgIpc) is 3.41.